The molecule has 1 heterocycles. The van der Waals surface area contributed by atoms with E-state index < -0.39 is 0 Å². The van der Waals surface area contributed by atoms with E-state index in [9.17, 15) is 5.11 Å². The molecule has 0 atom stereocenters. The van der Waals surface area contributed by atoms with E-state index in [1.807, 2.05) is 13.0 Å². The number of aliphatic hydroxyl groups is 1. The predicted octanol–water partition coefficient (Wildman–Crippen LogP) is 2.09. The second-order valence-electron chi connectivity index (χ2n) is 5.28. The number of hydrogen-bond acceptors (Lipinski definition) is 4. The van der Waals surface area contributed by atoms with E-state index in [1.54, 1.807) is 0 Å². The van der Waals surface area contributed by atoms with Gasteiger partial charge >= 0.3 is 0 Å². The van der Waals surface area contributed by atoms with E-state index >= 15 is 0 Å². The average molecular weight is 235 g/mol. The quantitative estimate of drug-likeness (QED) is 0.839. The molecule has 1 aromatic heterocycles. The Bertz CT molecular complexity index is 386. The van der Waals surface area contributed by atoms with Crippen LogP contribution in [0.25, 0.3) is 0 Å². The Morgan fingerprint density at radius 2 is 2.12 bits per heavy atom. The minimum Gasteiger partial charge on any atom is -0.393 e. The van der Waals surface area contributed by atoms with Crippen LogP contribution in [0.15, 0.2) is 6.07 Å². The molecule has 94 valence electrons. The minimum absolute atomic E-state index is 0.0832. The number of aliphatic hydroxyl groups excluding tert-OH is 1. The smallest absolute Gasteiger partial charge is 0.133 e. The summed E-state index contributed by atoms with van der Waals surface area (Å²) in [7, 11) is 0. The van der Waals surface area contributed by atoms with Gasteiger partial charge in [-0.2, -0.15) is 0 Å². The Morgan fingerprint density at radius 3 is 2.71 bits per heavy atom. The lowest BCUT2D eigenvalue weighted by molar-refractivity contribution is 0.0486. The van der Waals surface area contributed by atoms with Gasteiger partial charge in [0.15, 0.2) is 0 Å². The van der Waals surface area contributed by atoms with Gasteiger partial charge in [0.1, 0.15) is 11.6 Å². The van der Waals surface area contributed by atoms with Crippen LogP contribution in [0.5, 0.6) is 0 Å². The van der Waals surface area contributed by atoms with E-state index in [0.717, 1.165) is 36.7 Å². The molecule has 0 spiro atoms. The zero-order valence-corrected chi connectivity index (χ0v) is 10.8. The van der Waals surface area contributed by atoms with Crippen molar-refractivity contribution in [2.24, 2.45) is 5.92 Å². The van der Waals surface area contributed by atoms with Gasteiger partial charge in [-0.05, 0) is 25.7 Å². The lowest BCUT2D eigenvalue weighted by atomic mass is 9.82. The summed E-state index contributed by atoms with van der Waals surface area (Å²) in [6.07, 6.45) is 1.74. The lowest BCUT2D eigenvalue weighted by Crippen LogP contribution is -2.33. The molecule has 0 aromatic carbocycles. The molecule has 1 aromatic rings. The van der Waals surface area contributed by atoms with Crippen molar-refractivity contribution in [2.45, 2.75) is 45.6 Å². The first-order chi connectivity index (χ1) is 8.04. The summed E-state index contributed by atoms with van der Waals surface area (Å²) >= 11 is 0. The van der Waals surface area contributed by atoms with E-state index in [2.05, 4.69) is 29.1 Å². The standard InChI is InChI=1S/C13H21N3O/c1-8(2)13-15-9(3)4-12(16-13)14-7-10-5-11(17)6-10/h4,8,10-11,17H,5-7H2,1-3H3,(H,14,15,16). The third-order valence-corrected chi connectivity index (χ3v) is 3.17. The summed E-state index contributed by atoms with van der Waals surface area (Å²) in [5, 5.41) is 12.6. The van der Waals surface area contributed by atoms with Gasteiger partial charge in [0, 0.05) is 24.2 Å². The van der Waals surface area contributed by atoms with Gasteiger partial charge in [-0.1, -0.05) is 13.8 Å². The normalized spacial score (nSPS) is 23.6. The van der Waals surface area contributed by atoms with Gasteiger partial charge in [-0.3, -0.25) is 0 Å². The fraction of sp³-hybridized carbons (Fsp3) is 0.692. The molecule has 0 saturated heterocycles. The number of aryl methyl sites for hydroxylation is 1. The zero-order chi connectivity index (χ0) is 12.4. The second-order valence-corrected chi connectivity index (χ2v) is 5.28. The Labute approximate surface area is 102 Å². The fourth-order valence-corrected chi connectivity index (χ4v) is 2.06. The van der Waals surface area contributed by atoms with Crippen LogP contribution in [-0.4, -0.2) is 27.7 Å². The molecule has 1 saturated carbocycles. The van der Waals surface area contributed by atoms with E-state index in [0.29, 0.717) is 11.8 Å². The van der Waals surface area contributed by atoms with Crippen LogP contribution in [0.1, 0.15) is 44.1 Å². The molecule has 4 heteroatoms. The van der Waals surface area contributed by atoms with Gasteiger partial charge in [-0.15, -0.1) is 0 Å². The van der Waals surface area contributed by atoms with Crippen molar-refractivity contribution in [3.8, 4) is 0 Å². The van der Waals surface area contributed by atoms with Crippen LogP contribution in [0.3, 0.4) is 0 Å². The third-order valence-electron chi connectivity index (χ3n) is 3.17. The maximum Gasteiger partial charge on any atom is 0.133 e. The van der Waals surface area contributed by atoms with Crippen molar-refractivity contribution in [3.63, 3.8) is 0 Å². The van der Waals surface area contributed by atoms with Crippen LogP contribution < -0.4 is 5.32 Å². The molecule has 0 aliphatic heterocycles. The van der Waals surface area contributed by atoms with E-state index in [1.165, 1.54) is 0 Å². The Hall–Kier alpha value is -1.16. The van der Waals surface area contributed by atoms with Crippen LogP contribution >= 0.6 is 0 Å². The number of rotatable bonds is 4. The van der Waals surface area contributed by atoms with Gasteiger partial charge < -0.3 is 10.4 Å². The summed E-state index contributed by atoms with van der Waals surface area (Å²) in [6, 6.07) is 1.97. The monoisotopic (exact) mass is 235 g/mol. The van der Waals surface area contributed by atoms with Crippen LogP contribution in [0.2, 0.25) is 0 Å². The van der Waals surface area contributed by atoms with Crippen LogP contribution in [0, 0.1) is 12.8 Å². The highest BCUT2D eigenvalue weighted by Crippen LogP contribution is 2.27. The Kier molecular flexibility index (Phi) is 3.62. The molecule has 0 unspecified atom stereocenters. The van der Waals surface area contributed by atoms with Gasteiger partial charge in [-0.25, -0.2) is 9.97 Å². The number of aromatic nitrogens is 2. The molecule has 0 radical (unpaired) electrons. The summed E-state index contributed by atoms with van der Waals surface area (Å²) in [5.74, 6) is 2.73. The van der Waals surface area contributed by atoms with Crippen molar-refractivity contribution in [2.75, 3.05) is 11.9 Å². The SMILES string of the molecule is Cc1cc(NCC2CC(O)C2)nc(C(C)C)n1. The second kappa shape index (κ2) is 5.00. The number of hydrogen-bond donors (Lipinski definition) is 2. The molecule has 2 N–H and O–H groups in total. The Balaban J connectivity index is 1.95. The minimum atomic E-state index is -0.0832. The van der Waals surface area contributed by atoms with Gasteiger partial charge in [0.05, 0.1) is 6.10 Å². The highest BCUT2D eigenvalue weighted by molar-refractivity contribution is 5.36. The molecule has 1 aliphatic rings. The largest absolute Gasteiger partial charge is 0.393 e. The third kappa shape index (κ3) is 3.16. The molecule has 0 bridgehead atoms. The fourth-order valence-electron chi connectivity index (χ4n) is 2.06. The summed E-state index contributed by atoms with van der Waals surface area (Å²) in [6.45, 7) is 7.08. The van der Waals surface area contributed by atoms with Crippen molar-refractivity contribution in [3.05, 3.63) is 17.6 Å². The van der Waals surface area contributed by atoms with Crippen molar-refractivity contribution in [1.29, 1.82) is 0 Å². The van der Waals surface area contributed by atoms with E-state index in [4.69, 9.17) is 0 Å². The number of nitrogens with zero attached hydrogens (tertiary/aromatic N) is 2. The molecular weight excluding hydrogens is 214 g/mol. The molecule has 17 heavy (non-hydrogen) atoms. The summed E-state index contributed by atoms with van der Waals surface area (Å²) in [4.78, 5) is 8.91. The lowest BCUT2D eigenvalue weighted by Gasteiger charge is -2.31. The average Bonchev–Trinajstić information content (AvgIpc) is 2.22. The maximum absolute atomic E-state index is 9.22. The number of anilines is 1. The molecular formula is C13H21N3O. The molecule has 1 fully saturated rings. The molecule has 2 rings (SSSR count). The van der Waals surface area contributed by atoms with Crippen LogP contribution in [-0.2, 0) is 0 Å². The zero-order valence-electron chi connectivity index (χ0n) is 10.8. The van der Waals surface area contributed by atoms with Gasteiger partial charge in [0.25, 0.3) is 0 Å². The topological polar surface area (TPSA) is 58.0 Å². The molecule has 1 aliphatic carbocycles. The summed E-state index contributed by atoms with van der Waals surface area (Å²) < 4.78 is 0. The first-order valence-electron chi connectivity index (χ1n) is 6.32. The number of nitrogens with one attached hydrogen (secondary N) is 1. The predicted molar refractivity (Wildman–Crippen MR) is 68.1 cm³/mol. The van der Waals surface area contributed by atoms with E-state index in [-0.39, 0.29) is 6.10 Å². The summed E-state index contributed by atoms with van der Waals surface area (Å²) in [5.41, 5.74) is 1.000. The first-order valence-corrected chi connectivity index (χ1v) is 6.32. The van der Waals surface area contributed by atoms with Crippen molar-refractivity contribution in [1.82, 2.24) is 9.97 Å². The van der Waals surface area contributed by atoms with Crippen LogP contribution in [0.4, 0.5) is 5.82 Å². The Morgan fingerprint density at radius 1 is 1.41 bits per heavy atom. The van der Waals surface area contributed by atoms with Gasteiger partial charge in [0.2, 0.25) is 0 Å². The maximum atomic E-state index is 9.22. The highest BCUT2D eigenvalue weighted by atomic mass is 16.3. The first kappa shape index (κ1) is 12.3. The van der Waals surface area contributed by atoms with Crippen molar-refractivity contribution >= 4 is 5.82 Å². The molecule has 4 nitrogen and oxygen atoms in total. The highest BCUT2D eigenvalue weighted by Gasteiger charge is 2.26. The molecule has 0 amide bonds. The van der Waals surface area contributed by atoms with Crippen molar-refractivity contribution < 1.29 is 5.11 Å².